The average molecular weight is 467 g/mol. The molecular formula is C16H14F13N. The van der Waals surface area contributed by atoms with Crippen LogP contribution in [0.15, 0.2) is 12.1 Å². The van der Waals surface area contributed by atoms with E-state index in [4.69, 9.17) is 5.73 Å². The minimum atomic E-state index is -7.92. The number of aryl methyl sites for hydroxylation is 2. The third-order valence-corrected chi connectivity index (χ3v) is 4.41. The molecule has 0 aliphatic heterocycles. The van der Waals surface area contributed by atoms with Gasteiger partial charge in [0, 0.05) is 11.3 Å². The fourth-order valence-corrected chi connectivity index (χ4v) is 2.50. The molecule has 30 heavy (non-hydrogen) atoms. The highest BCUT2D eigenvalue weighted by Crippen LogP contribution is 2.62. The molecule has 0 spiro atoms. The molecule has 0 saturated carbocycles. The maximum Gasteiger partial charge on any atom is 0.460 e. The summed E-state index contributed by atoms with van der Waals surface area (Å²) in [6.45, 7) is 2.58. The van der Waals surface area contributed by atoms with Crippen LogP contribution in [0.3, 0.4) is 0 Å². The van der Waals surface area contributed by atoms with Gasteiger partial charge in [0.05, 0.1) is 0 Å². The van der Waals surface area contributed by atoms with E-state index in [1.54, 1.807) is 0 Å². The quantitative estimate of drug-likeness (QED) is 0.356. The molecule has 1 aromatic rings. The highest BCUT2D eigenvalue weighted by Gasteiger charge is 2.90. The fraction of sp³-hybridized carbons (Fsp3) is 0.625. The van der Waals surface area contributed by atoms with E-state index in [0.717, 1.165) is 0 Å². The largest absolute Gasteiger partial charge is 0.460 e. The standard InChI is InChI=1S/C16H14F13N/c1-3-7-5-9(6-8(4-2)10(7)30)11(17,18)12(19,20)13(21,22)14(23,24)15(25,26)16(27,28)29/h5-6H,3-4,30H2,1-2H3. The van der Waals surface area contributed by atoms with E-state index in [1.807, 2.05) is 0 Å². The monoisotopic (exact) mass is 467 g/mol. The van der Waals surface area contributed by atoms with Gasteiger partial charge in [0.25, 0.3) is 0 Å². The Kier molecular flexibility index (Phi) is 6.41. The van der Waals surface area contributed by atoms with E-state index in [0.29, 0.717) is 0 Å². The third kappa shape index (κ3) is 3.45. The predicted molar refractivity (Wildman–Crippen MR) is 79.3 cm³/mol. The van der Waals surface area contributed by atoms with E-state index < -0.39 is 41.4 Å². The second kappa shape index (κ2) is 7.36. The predicted octanol–water partition coefficient (Wildman–Crippen LogP) is 6.59. The van der Waals surface area contributed by atoms with Gasteiger partial charge >= 0.3 is 35.8 Å². The van der Waals surface area contributed by atoms with Crippen molar-refractivity contribution in [2.24, 2.45) is 0 Å². The van der Waals surface area contributed by atoms with Crippen molar-refractivity contribution in [2.75, 3.05) is 5.73 Å². The van der Waals surface area contributed by atoms with Crippen molar-refractivity contribution >= 4 is 5.69 Å². The van der Waals surface area contributed by atoms with Crippen molar-refractivity contribution in [3.63, 3.8) is 0 Å². The van der Waals surface area contributed by atoms with E-state index in [9.17, 15) is 57.1 Å². The molecule has 0 bridgehead atoms. The van der Waals surface area contributed by atoms with E-state index in [1.165, 1.54) is 13.8 Å². The van der Waals surface area contributed by atoms with Crippen molar-refractivity contribution in [3.05, 3.63) is 28.8 Å². The molecule has 1 rings (SSSR count). The lowest BCUT2D eigenvalue weighted by Gasteiger charge is -2.40. The maximum absolute atomic E-state index is 14.3. The zero-order valence-electron chi connectivity index (χ0n) is 15.1. The number of benzene rings is 1. The van der Waals surface area contributed by atoms with Crippen LogP contribution < -0.4 is 5.73 Å². The first kappa shape index (κ1) is 26.1. The molecular weight excluding hydrogens is 453 g/mol. The number of rotatable bonds is 7. The summed E-state index contributed by atoms with van der Waals surface area (Å²) < 4.78 is 172. The van der Waals surface area contributed by atoms with E-state index >= 15 is 0 Å². The van der Waals surface area contributed by atoms with Crippen molar-refractivity contribution < 1.29 is 57.1 Å². The van der Waals surface area contributed by atoms with Crippen molar-refractivity contribution in [2.45, 2.75) is 62.5 Å². The molecule has 0 aliphatic carbocycles. The molecule has 0 amide bonds. The van der Waals surface area contributed by atoms with E-state index in [2.05, 4.69) is 0 Å². The molecule has 1 aromatic carbocycles. The summed E-state index contributed by atoms with van der Waals surface area (Å²) in [6, 6.07) is 0.330. The van der Waals surface area contributed by atoms with Gasteiger partial charge in [-0.25, -0.2) is 0 Å². The topological polar surface area (TPSA) is 26.0 Å². The van der Waals surface area contributed by atoms with Gasteiger partial charge in [-0.05, 0) is 36.1 Å². The third-order valence-electron chi connectivity index (χ3n) is 4.41. The molecule has 2 N–H and O–H groups in total. The van der Waals surface area contributed by atoms with Crippen LogP contribution in [0, 0.1) is 0 Å². The number of hydrogen-bond donors (Lipinski definition) is 1. The zero-order chi connectivity index (χ0) is 24.1. The smallest absolute Gasteiger partial charge is 0.398 e. The van der Waals surface area contributed by atoms with Crippen LogP contribution in [0.5, 0.6) is 0 Å². The Morgan fingerprint density at radius 2 is 0.933 bits per heavy atom. The number of anilines is 1. The summed E-state index contributed by atoms with van der Waals surface area (Å²) in [7, 11) is 0. The highest BCUT2D eigenvalue weighted by molar-refractivity contribution is 5.56. The Morgan fingerprint density at radius 3 is 1.23 bits per heavy atom. The summed E-state index contributed by atoms with van der Waals surface area (Å²) in [5, 5.41) is 0. The van der Waals surface area contributed by atoms with Gasteiger partial charge in [0.2, 0.25) is 0 Å². The Hall–Kier alpha value is -1.89. The van der Waals surface area contributed by atoms with Crippen LogP contribution in [-0.2, 0) is 18.8 Å². The van der Waals surface area contributed by atoms with Crippen LogP contribution in [-0.4, -0.2) is 29.9 Å². The first-order chi connectivity index (χ1) is 13.1. The van der Waals surface area contributed by atoms with Gasteiger partial charge in [-0.15, -0.1) is 0 Å². The van der Waals surface area contributed by atoms with Gasteiger partial charge in [0.1, 0.15) is 0 Å². The minimum absolute atomic E-state index is 0.165. The zero-order valence-corrected chi connectivity index (χ0v) is 15.1. The molecule has 0 atom stereocenters. The SMILES string of the molecule is CCc1cc(C(F)(F)C(F)(F)C(F)(F)C(F)(F)C(F)(F)C(F)(F)F)cc(CC)c1N. The number of hydrogen-bond acceptors (Lipinski definition) is 1. The summed E-state index contributed by atoms with van der Waals surface area (Å²) in [4.78, 5) is 0. The molecule has 0 aliphatic rings. The Labute approximate surface area is 161 Å². The first-order valence-corrected chi connectivity index (χ1v) is 8.02. The molecule has 0 unspecified atom stereocenters. The highest BCUT2D eigenvalue weighted by atomic mass is 19.4. The maximum atomic E-state index is 14.3. The average Bonchev–Trinajstić information content (AvgIpc) is 2.59. The van der Waals surface area contributed by atoms with Crippen molar-refractivity contribution in [1.82, 2.24) is 0 Å². The van der Waals surface area contributed by atoms with Crippen LogP contribution in [0.1, 0.15) is 30.5 Å². The molecule has 1 nitrogen and oxygen atoms in total. The lowest BCUT2D eigenvalue weighted by atomic mass is 9.88. The van der Waals surface area contributed by atoms with Crippen LogP contribution in [0.2, 0.25) is 0 Å². The van der Waals surface area contributed by atoms with Crippen LogP contribution in [0.25, 0.3) is 0 Å². The fourth-order valence-electron chi connectivity index (χ4n) is 2.50. The van der Waals surface area contributed by atoms with Gasteiger partial charge in [-0.3, -0.25) is 0 Å². The molecule has 174 valence electrons. The Bertz CT molecular complexity index is 755. The molecule has 14 heteroatoms. The van der Waals surface area contributed by atoms with Gasteiger partial charge < -0.3 is 5.73 Å². The molecule has 0 heterocycles. The second-order valence-electron chi connectivity index (χ2n) is 6.28. The number of halogens is 13. The summed E-state index contributed by atoms with van der Waals surface area (Å²) in [5.41, 5.74) is 2.81. The molecule has 0 radical (unpaired) electrons. The Balaban J connectivity index is 3.73. The Morgan fingerprint density at radius 1 is 0.600 bits per heavy atom. The van der Waals surface area contributed by atoms with Crippen molar-refractivity contribution in [3.8, 4) is 0 Å². The van der Waals surface area contributed by atoms with Crippen LogP contribution >= 0.6 is 0 Å². The van der Waals surface area contributed by atoms with Crippen molar-refractivity contribution in [1.29, 1.82) is 0 Å². The normalized spacial score (nSPS) is 14.9. The number of nitrogens with two attached hydrogens (primary N) is 1. The van der Waals surface area contributed by atoms with Gasteiger partial charge in [0.15, 0.2) is 0 Å². The number of nitrogen functional groups attached to an aromatic ring is 1. The van der Waals surface area contributed by atoms with Crippen LogP contribution in [0.4, 0.5) is 62.8 Å². The number of alkyl halides is 13. The molecule has 0 saturated heterocycles. The summed E-state index contributed by atoms with van der Waals surface area (Å²) >= 11 is 0. The van der Waals surface area contributed by atoms with Gasteiger partial charge in [-0.2, -0.15) is 57.1 Å². The lowest BCUT2D eigenvalue weighted by Crippen LogP contribution is -2.69. The minimum Gasteiger partial charge on any atom is -0.398 e. The van der Waals surface area contributed by atoms with Gasteiger partial charge in [-0.1, -0.05) is 13.8 Å². The summed E-state index contributed by atoms with van der Waals surface area (Å²) in [6.07, 6.45) is -7.84. The van der Waals surface area contributed by atoms with E-state index in [-0.39, 0.29) is 41.8 Å². The molecule has 0 aromatic heterocycles. The summed E-state index contributed by atoms with van der Waals surface area (Å²) in [5.74, 6) is -37.1. The second-order valence-corrected chi connectivity index (χ2v) is 6.28. The molecule has 0 fully saturated rings. The first-order valence-electron chi connectivity index (χ1n) is 8.02. The lowest BCUT2D eigenvalue weighted by molar-refractivity contribution is -0.441.